The van der Waals surface area contributed by atoms with Crippen molar-refractivity contribution < 1.29 is 4.39 Å². The van der Waals surface area contributed by atoms with E-state index in [-0.39, 0.29) is 5.82 Å². The third-order valence-corrected chi connectivity index (χ3v) is 5.78. The molecule has 2 aromatic heterocycles. The Labute approximate surface area is 172 Å². The average Bonchev–Trinajstić information content (AvgIpc) is 3.19. The quantitative estimate of drug-likeness (QED) is 0.505. The Morgan fingerprint density at radius 2 is 1.72 bits per heavy atom. The number of halogens is 1. The van der Waals surface area contributed by atoms with E-state index in [1.54, 1.807) is 18.3 Å². The molecule has 3 N–H and O–H groups in total. The van der Waals surface area contributed by atoms with E-state index in [2.05, 4.69) is 15.3 Å². The predicted octanol–water partition coefficient (Wildman–Crippen LogP) is 4.67. The maximum atomic E-state index is 13.4. The molecular formula is C22H20FN5S. The number of nitrogens with one attached hydrogen (secondary N) is 1. The van der Waals surface area contributed by atoms with Gasteiger partial charge in [0.2, 0.25) is 0 Å². The summed E-state index contributed by atoms with van der Waals surface area (Å²) in [4.78, 5) is 14.7. The fraction of sp³-hybridized carbons (Fsp3) is 0.136. The van der Waals surface area contributed by atoms with Gasteiger partial charge in [-0.3, -0.25) is 0 Å². The van der Waals surface area contributed by atoms with Gasteiger partial charge in [-0.05, 0) is 42.8 Å². The molecule has 7 heteroatoms. The summed E-state index contributed by atoms with van der Waals surface area (Å²) < 4.78 is 13.4. The fourth-order valence-corrected chi connectivity index (χ4v) is 3.96. The van der Waals surface area contributed by atoms with Gasteiger partial charge in [-0.2, -0.15) is 0 Å². The van der Waals surface area contributed by atoms with Crippen molar-refractivity contribution in [1.29, 1.82) is 0 Å². The fourth-order valence-electron chi connectivity index (χ4n) is 3.05. The Morgan fingerprint density at radius 3 is 2.41 bits per heavy atom. The minimum Gasteiger partial charge on any atom is -0.365 e. The van der Waals surface area contributed by atoms with Gasteiger partial charge in [-0.1, -0.05) is 41.7 Å². The number of anilines is 1. The predicted molar refractivity (Wildman–Crippen MR) is 115 cm³/mol. The lowest BCUT2D eigenvalue weighted by molar-refractivity contribution is 0.558. The number of hydrogen-bond donors (Lipinski definition) is 2. The molecule has 5 nitrogen and oxygen atoms in total. The van der Waals surface area contributed by atoms with Gasteiger partial charge in [0.05, 0.1) is 21.8 Å². The first-order valence-electron chi connectivity index (χ1n) is 9.12. The summed E-state index contributed by atoms with van der Waals surface area (Å²) in [5, 5.41) is 3.82. The first-order chi connectivity index (χ1) is 14.0. The summed E-state index contributed by atoms with van der Waals surface area (Å²) in [5.41, 5.74) is 8.97. The number of aromatic nitrogens is 3. The molecule has 0 aliphatic carbocycles. The highest BCUT2D eigenvalue weighted by atomic mass is 32.1. The largest absolute Gasteiger partial charge is 0.365 e. The Hall–Kier alpha value is -3.16. The summed E-state index contributed by atoms with van der Waals surface area (Å²) in [5.74, 6) is 0.233. The van der Waals surface area contributed by atoms with Gasteiger partial charge in [0, 0.05) is 18.8 Å². The van der Waals surface area contributed by atoms with Gasteiger partial charge in [0.25, 0.3) is 0 Å². The van der Waals surface area contributed by atoms with Crippen LogP contribution in [-0.2, 0) is 5.54 Å². The van der Waals surface area contributed by atoms with E-state index in [1.807, 2.05) is 50.4 Å². The molecule has 0 aliphatic rings. The third kappa shape index (κ3) is 3.74. The van der Waals surface area contributed by atoms with E-state index in [9.17, 15) is 4.39 Å². The van der Waals surface area contributed by atoms with E-state index in [4.69, 9.17) is 10.7 Å². The molecule has 0 saturated carbocycles. The topological polar surface area (TPSA) is 76.7 Å². The molecule has 0 unspecified atom stereocenters. The highest BCUT2D eigenvalue weighted by Crippen LogP contribution is 2.38. The molecule has 0 saturated heterocycles. The molecule has 2 heterocycles. The summed E-state index contributed by atoms with van der Waals surface area (Å²) >= 11 is 1.48. The molecule has 0 radical (unpaired) electrons. The smallest absolute Gasteiger partial charge is 0.183 e. The van der Waals surface area contributed by atoms with E-state index >= 15 is 0 Å². The third-order valence-electron chi connectivity index (χ3n) is 4.68. The lowest BCUT2D eigenvalue weighted by Crippen LogP contribution is -2.36. The van der Waals surface area contributed by atoms with Crippen LogP contribution in [0.1, 0.15) is 18.3 Å². The van der Waals surface area contributed by atoms with Crippen molar-refractivity contribution >= 4 is 16.5 Å². The number of hydrogen-bond acceptors (Lipinski definition) is 6. The highest BCUT2D eigenvalue weighted by Gasteiger charge is 2.28. The lowest BCUT2D eigenvalue weighted by Gasteiger charge is -2.23. The van der Waals surface area contributed by atoms with Gasteiger partial charge >= 0.3 is 0 Å². The minimum atomic E-state index is -0.843. The molecule has 0 amide bonds. The van der Waals surface area contributed by atoms with Crippen molar-refractivity contribution in [2.45, 2.75) is 12.5 Å². The van der Waals surface area contributed by atoms with Crippen LogP contribution in [0.4, 0.5) is 9.52 Å². The lowest BCUT2D eigenvalue weighted by atomic mass is 9.92. The zero-order valence-corrected chi connectivity index (χ0v) is 16.9. The van der Waals surface area contributed by atoms with Crippen LogP contribution in [0, 0.1) is 5.82 Å². The summed E-state index contributed by atoms with van der Waals surface area (Å²) in [7, 11) is 1.81. The average molecular weight is 406 g/mol. The van der Waals surface area contributed by atoms with Crippen molar-refractivity contribution in [3.63, 3.8) is 0 Å². The number of benzene rings is 2. The first kappa shape index (κ1) is 19.2. The van der Waals surface area contributed by atoms with Crippen molar-refractivity contribution in [2.24, 2.45) is 5.73 Å². The molecule has 0 fully saturated rings. The standard InChI is InChI=1S/C22H20FN5S/c1-22(24,15-6-4-3-5-7-15)20-26-13-12-17(27-20)19-18(28-21(25-2)29-19)14-8-10-16(23)11-9-14/h3-13H,24H2,1-2H3,(H,25,28)/t22-/m0/s1. The van der Waals surface area contributed by atoms with Crippen LogP contribution >= 0.6 is 11.3 Å². The van der Waals surface area contributed by atoms with Crippen LogP contribution in [0.5, 0.6) is 0 Å². The van der Waals surface area contributed by atoms with Crippen molar-refractivity contribution in [2.75, 3.05) is 12.4 Å². The van der Waals surface area contributed by atoms with Gasteiger partial charge < -0.3 is 11.1 Å². The number of nitrogens with zero attached hydrogens (tertiary/aromatic N) is 3. The summed E-state index contributed by atoms with van der Waals surface area (Å²) in [6, 6.07) is 17.9. The number of rotatable bonds is 5. The van der Waals surface area contributed by atoms with Crippen LogP contribution in [0.15, 0.2) is 66.9 Å². The molecule has 146 valence electrons. The molecule has 0 spiro atoms. The van der Waals surface area contributed by atoms with Crippen molar-refractivity contribution in [3.8, 4) is 21.8 Å². The van der Waals surface area contributed by atoms with Crippen LogP contribution in [0.25, 0.3) is 21.8 Å². The van der Waals surface area contributed by atoms with Gasteiger partial charge in [0.1, 0.15) is 5.82 Å². The van der Waals surface area contributed by atoms with Crippen LogP contribution < -0.4 is 11.1 Å². The van der Waals surface area contributed by atoms with Gasteiger partial charge in [-0.25, -0.2) is 19.3 Å². The SMILES string of the molecule is CNc1nc(-c2ccc(F)cc2)c(-c2ccnc([C@@](C)(N)c3ccccc3)n2)s1. The number of thiazole rings is 1. The monoisotopic (exact) mass is 405 g/mol. The second-order valence-electron chi connectivity index (χ2n) is 6.79. The summed E-state index contributed by atoms with van der Waals surface area (Å²) in [6.07, 6.45) is 1.71. The molecule has 0 aliphatic heterocycles. The van der Waals surface area contributed by atoms with Crippen LogP contribution in [-0.4, -0.2) is 22.0 Å². The Bertz CT molecular complexity index is 1120. The molecular weight excluding hydrogens is 385 g/mol. The zero-order chi connectivity index (χ0) is 20.4. The highest BCUT2D eigenvalue weighted by molar-refractivity contribution is 7.19. The zero-order valence-electron chi connectivity index (χ0n) is 16.1. The Balaban J connectivity index is 1.81. The molecule has 4 aromatic rings. The molecule has 29 heavy (non-hydrogen) atoms. The number of nitrogens with two attached hydrogens (primary N) is 1. The Morgan fingerprint density at radius 1 is 1.00 bits per heavy atom. The second kappa shape index (κ2) is 7.69. The van der Waals surface area contributed by atoms with E-state index in [0.717, 1.165) is 32.5 Å². The molecule has 1 atom stereocenters. The van der Waals surface area contributed by atoms with Crippen molar-refractivity contribution in [3.05, 3.63) is 84.1 Å². The van der Waals surface area contributed by atoms with Crippen LogP contribution in [0.3, 0.4) is 0 Å². The normalized spacial score (nSPS) is 13.1. The molecule has 2 aromatic carbocycles. The van der Waals surface area contributed by atoms with E-state index < -0.39 is 5.54 Å². The second-order valence-corrected chi connectivity index (χ2v) is 7.79. The first-order valence-corrected chi connectivity index (χ1v) is 9.93. The van der Waals surface area contributed by atoms with Gasteiger partial charge in [0.15, 0.2) is 11.0 Å². The van der Waals surface area contributed by atoms with E-state index in [0.29, 0.717) is 5.82 Å². The van der Waals surface area contributed by atoms with Crippen LogP contribution in [0.2, 0.25) is 0 Å². The molecule has 0 bridgehead atoms. The maximum Gasteiger partial charge on any atom is 0.183 e. The summed E-state index contributed by atoms with van der Waals surface area (Å²) in [6.45, 7) is 1.90. The molecule has 4 rings (SSSR count). The maximum absolute atomic E-state index is 13.4. The van der Waals surface area contributed by atoms with E-state index in [1.165, 1.54) is 23.5 Å². The Kier molecular flexibility index (Phi) is 5.08. The van der Waals surface area contributed by atoms with Gasteiger partial charge in [-0.15, -0.1) is 0 Å². The van der Waals surface area contributed by atoms with Crippen molar-refractivity contribution in [1.82, 2.24) is 15.0 Å². The minimum absolute atomic E-state index is 0.287.